The van der Waals surface area contributed by atoms with Crippen molar-refractivity contribution in [3.05, 3.63) is 95.3 Å². The highest BCUT2D eigenvalue weighted by atomic mass is 35.5. The van der Waals surface area contributed by atoms with Gasteiger partial charge in [0.05, 0.1) is 12.1 Å². The summed E-state index contributed by atoms with van der Waals surface area (Å²) in [5.41, 5.74) is 2.81. The predicted molar refractivity (Wildman–Crippen MR) is 99.1 cm³/mol. The molecule has 3 nitrogen and oxygen atoms in total. The molecule has 0 amide bonds. The van der Waals surface area contributed by atoms with E-state index in [0.29, 0.717) is 23.6 Å². The zero-order chi connectivity index (χ0) is 17.6. The number of rotatable bonds is 5. The molecule has 0 heterocycles. The highest BCUT2D eigenvalue weighted by Gasteiger charge is 2.21. The Hall–Kier alpha value is -3.09. The van der Waals surface area contributed by atoms with E-state index >= 15 is 0 Å². The van der Waals surface area contributed by atoms with Gasteiger partial charge in [-0.15, -0.1) is 0 Å². The van der Waals surface area contributed by atoms with Crippen molar-refractivity contribution in [2.75, 3.05) is 0 Å². The Morgan fingerprint density at radius 1 is 0.960 bits per heavy atom. The van der Waals surface area contributed by atoms with Crippen LogP contribution in [0, 0.1) is 6.57 Å². The smallest absolute Gasteiger partial charge is 0.255 e. The van der Waals surface area contributed by atoms with E-state index < -0.39 is 5.24 Å². The molecule has 3 rings (SSSR count). The average Bonchev–Trinajstić information content (AvgIpc) is 2.67. The van der Waals surface area contributed by atoms with Crippen molar-refractivity contribution in [2.24, 2.45) is 0 Å². The molecule has 0 saturated heterocycles. The van der Waals surface area contributed by atoms with Gasteiger partial charge in [-0.3, -0.25) is 4.79 Å². The van der Waals surface area contributed by atoms with Crippen molar-refractivity contribution in [3.8, 4) is 16.9 Å². The van der Waals surface area contributed by atoms with Gasteiger partial charge >= 0.3 is 0 Å². The molecule has 0 aliphatic rings. The Morgan fingerprint density at radius 2 is 1.60 bits per heavy atom. The van der Waals surface area contributed by atoms with Gasteiger partial charge < -0.3 is 4.74 Å². The highest BCUT2D eigenvalue weighted by Crippen LogP contribution is 2.40. The SMILES string of the molecule is [C-]#[N+]c1ccc(OCc2ccccc2)c(C(=O)Cl)c1-c1ccccc1. The fourth-order valence-electron chi connectivity index (χ4n) is 2.61. The normalized spacial score (nSPS) is 10.1. The van der Waals surface area contributed by atoms with Crippen LogP contribution in [0.2, 0.25) is 0 Å². The van der Waals surface area contributed by atoms with Gasteiger partial charge in [-0.25, -0.2) is 4.85 Å². The Bertz CT molecular complexity index is 931. The number of ether oxygens (including phenoxy) is 1. The van der Waals surface area contributed by atoms with Crippen molar-refractivity contribution >= 4 is 22.5 Å². The van der Waals surface area contributed by atoms with Crippen LogP contribution in [-0.2, 0) is 6.61 Å². The minimum Gasteiger partial charge on any atom is -0.488 e. The van der Waals surface area contributed by atoms with Gasteiger partial charge in [0.1, 0.15) is 12.4 Å². The molecule has 0 bridgehead atoms. The van der Waals surface area contributed by atoms with Gasteiger partial charge in [-0.2, -0.15) is 0 Å². The van der Waals surface area contributed by atoms with E-state index in [1.165, 1.54) is 0 Å². The lowest BCUT2D eigenvalue weighted by molar-refractivity contribution is 0.107. The van der Waals surface area contributed by atoms with Crippen LogP contribution >= 0.6 is 11.6 Å². The first-order chi connectivity index (χ1) is 12.2. The molecule has 0 radical (unpaired) electrons. The number of carbonyl (C=O) groups is 1. The van der Waals surface area contributed by atoms with Gasteiger partial charge in [0.25, 0.3) is 5.24 Å². The third-order valence-electron chi connectivity index (χ3n) is 3.76. The molecule has 0 aliphatic carbocycles. The largest absolute Gasteiger partial charge is 0.488 e. The summed E-state index contributed by atoms with van der Waals surface area (Å²) < 4.78 is 5.84. The first-order valence-electron chi connectivity index (χ1n) is 7.67. The van der Waals surface area contributed by atoms with E-state index in [1.807, 2.05) is 60.7 Å². The molecule has 0 fully saturated rings. The maximum atomic E-state index is 12.1. The molecule has 0 aromatic heterocycles. The summed E-state index contributed by atoms with van der Waals surface area (Å²) in [5.74, 6) is 0.370. The van der Waals surface area contributed by atoms with Gasteiger partial charge in [-0.05, 0) is 28.8 Å². The van der Waals surface area contributed by atoms with Crippen LogP contribution in [0.25, 0.3) is 16.0 Å². The summed E-state index contributed by atoms with van der Waals surface area (Å²) in [6, 6.07) is 22.2. The zero-order valence-corrected chi connectivity index (χ0v) is 14.0. The fraction of sp³-hybridized carbons (Fsp3) is 0.0476. The van der Waals surface area contributed by atoms with Crippen LogP contribution in [0.15, 0.2) is 72.8 Å². The van der Waals surface area contributed by atoms with Crippen LogP contribution in [-0.4, -0.2) is 5.24 Å². The van der Waals surface area contributed by atoms with E-state index in [1.54, 1.807) is 12.1 Å². The van der Waals surface area contributed by atoms with Gasteiger partial charge in [0.2, 0.25) is 0 Å². The maximum absolute atomic E-state index is 12.1. The monoisotopic (exact) mass is 347 g/mol. The van der Waals surface area contributed by atoms with Gasteiger partial charge in [0.15, 0.2) is 5.69 Å². The summed E-state index contributed by atoms with van der Waals surface area (Å²) in [4.78, 5) is 15.7. The molecule has 0 atom stereocenters. The minimum atomic E-state index is -0.646. The quantitative estimate of drug-likeness (QED) is 0.427. The second-order valence-electron chi connectivity index (χ2n) is 5.36. The summed E-state index contributed by atoms with van der Waals surface area (Å²) in [5, 5.41) is -0.646. The summed E-state index contributed by atoms with van der Waals surface area (Å²) in [6.07, 6.45) is 0. The third kappa shape index (κ3) is 3.71. The van der Waals surface area contributed by atoms with Crippen molar-refractivity contribution in [2.45, 2.75) is 6.61 Å². The molecule has 0 saturated carbocycles. The Kier molecular flexibility index (Phi) is 5.13. The van der Waals surface area contributed by atoms with Crippen LogP contribution < -0.4 is 4.74 Å². The minimum absolute atomic E-state index is 0.220. The average molecular weight is 348 g/mol. The van der Waals surface area contributed by atoms with E-state index in [9.17, 15) is 4.79 Å². The molecule has 0 aliphatic heterocycles. The van der Waals surface area contributed by atoms with Crippen LogP contribution in [0.5, 0.6) is 5.75 Å². The molecule has 0 unspecified atom stereocenters. The highest BCUT2D eigenvalue weighted by molar-refractivity contribution is 6.68. The predicted octanol–water partition coefficient (Wildman–Crippen LogP) is 5.86. The van der Waals surface area contributed by atoms with Crippen molar-refractivity contribution in [3.63, 3.8) is 0 Å². The number of benzene rings is 3. The van der Waals surface area contributed by atoms with E-state index in [-0.39, 0.29) is 5.56 Å². The van der Waals surface area contributed by atoms with E-state index in [2.05, 4.69) is 4.85 Å². The number of hydrogen-bond acceptors (Lipinski definition) is 2. The van der Waals surface area contributed by atoms with Crippen LogP contribution in [0.4, 0.5) is 5.69 Å². The van der Waals surface area contributed by atoms with Crippen molar-refractivity contribution < 1.29 is 9.53 Å². The van der Waals surface area contributed by atoms with Crippen LogP contribution in [0.3, 0.4) is 0 Å². The summed E-state index contributed by atoms with van der Waals surface area (Å²) in [6.45, 7) is 7.72. The molecule has 122 valence electrons. The number of halogens is 1. The zero-order valence-electron chi connectivity index (χ0n) is 13.3. The molecule has 25 heavy (non-hydrogen) atoms. The van der Waals surface area contributed by atoms with Crippen molar-refractivity contribution in [1.29, 1.82) is 0 Å². The number of nitrogens with zero attached hydrogens (tertiary/aromatic N) is 1. The fourth-order valence-corrected chi connectivity index (χ4v) is 2.80. The lowest BCUT2D eigenvalue weighted by Crippen LogP contribution is -2.03. The van der Waals surface area contributed by atoms with Gasteiger partial charge in [-0.1, -0.05) is 66.7 Å². The molecule has 4 heteroatoms. The van der Waals surface area contributed by atoms with Gasteiger partial charge in [0, 0.05) is 5.56 Å². The van der Waals surface area contributed by atoms with E-state index in [0.717, 1.165) is 11.1 Å². The Morgan fingerprint density at radius 3 is 2.20 bits per heavy atom. The van der Waals surface area contributed by atoms with E-state index in [4.69, 9.17) is 22.9 Å². The lowest BCUT2D eigenvalue weighted by Gasteiger charge is -2.15. The standard InChI is InChI=1S/C21H14ClNO2/c1-23-17-12-13-18(25-14-15-8-4-2-5-9-15)20(21(22)24)19(17)16-10-6-3-7-11-16/h2-13H,14H2. The second kappa shape index (κ2) is 7.65. The maximum Gasteiger partial charge on any atom is 0.255 e. The number of hydrogen-bond donors (Lipinski definition) is 0. The second-order valence-corrected chi connectivity index (χ2v) is 5.70. The number of carbonyl (C=O) groups excluding carboxylic acids is 1. The Labute approximate surface area is 151 Å². The van der Waals surface area contributed by atoms with Crippen molar-refractivity contribution in [1.82, 2.24) is 0 Å². The topological polar surface area (TPSA) is 30.7 Å². The van der Waals surface area contributed by atoms with Crippen LogP contribution in [0.1, 0.15) is 15.9 Å². The molecule has 0 spiro atoms. The first kappa shape index (κ1) is 16.8. The molecule has 3 aromatic rings. The molecular formula is C21H14ClNO2. The molecular weight excluding hydrogens is 334 g/mol. The first-order valence-corrected chi connectivity index (χ1v) is 8.05. The molecule has 3 aromatic carbocycles. The third-order valence-corrected chi connectivity index (χ3v) is 3.95. The molecule has 0 N–H and O–H groups in total. The lowest BCUT2D eigenvalue weighted by atomic mass is 9.97. The summed E-state index contributed by atoms with van der Waals surface area (Å²) in [7, 11) is 0. The Balaban J connectivity index is 2.08. The summed E-state index contributed by atoms with van der Waals surface area (Å²) >= 11 is 5.85.